The van der Waals surface area contributed by atoms with Crippen LogP contribution in [-0.2, 0) is 0 Å². The van der Waals surface area contributed by atoms with Gasteiger partial charge in [-0.3, -0.25) is 4.79 Å². The van der Waals surface area contributed by atoms with Gasteiger partial charge in [0.05, 0.1) is 39.3 Å². The number of carbonyl (C=O) groups excluding carboxylic acids is 1. The molecule has 3 heterocycles. The van der Waals surface area contributed by atoms with E-state index in [1.807, 2.05) is 31.2 Å². The first-order chi connectivity index (χ1) is 13.7. The summed E-state index contributed by atoms with van der Waals surface area (Å²) in [5.41, 5.74) is 1.89. The third kappa shape index (κ3) is 3.96. The van der Waals surface area contributed by atoms with E-state index in [-0.39, 0.29) is 23.8 Å². The van der Waals surface area contributed by atoms with Crippen molar-refractivity contribution in [1.82, 2.24) is 14.7 Å². The largest absolute Gasteiger partial charge is 0.410 e. The molecule has 0 radical (unpaired) electrons. The van der Waals surface area contributed by atoms with Crippen LogP contribution >= 0.6 is 0 Å². The first-order valence-electron chi connectivity index (χ1n) is 9.82. The summed E-state index contributed by atoms with van der Waals surface area (Å²) in [4.78, 5) is 15.8. The molecular formula is C20H25F3N5O+. The van der Waals surface area contributed by atoms with Crippen LogP contribution in [0, 0.1) is 6.92 Å². The van der Waals surface area contributed by atoms with Gasteiger partial charge in [-0.2, -0.15) is 18.3 Å². The van der Waals surface area contributed by atoms with Crippen molar-refractivity contribution in [3.63, 3.8) is 0 Å². The summed E-state index contributed by atoms with van der Waals surface area (Å²) >= 11 is 0. The van der Waals surface area contributed by atoms with Crippen molar-refractivity contribution in [2.75, 3.05) is 38.5 Å². The van der Waals surface area contributed by atoms with Crippen molar-refractivity contribution in [1.29, 1.82) is 0 Å². The van der Waals surface area contributed by atoms with Crippen LogP contribution in [0.25, 0.3) is 0 Å². The average molecular weight is 408 g/mol. The second kappa shape index (κ2) is 7.37. The topological polar surface area (TPSA) is 54.6 Å². The maximum Gasteiger partial charge on any atom is 0.410 e. The van der Waals surface area contributed by atoms with Crippen LogP contribution in [0.5, 0.6) is 0 Å². The van der Waals surface area contributed by atoms with Crippen LogP contribution < -0.4 is 10.2 Å². The molecule has 29 heavy (non-hydrogen) atoms. The zero-order valence-corrected chi connectivity index (χ0v) is 16.5. The third-order valence-electron chi connectivity index (χ3n) is 5.79. The number of piperazine rings is 1. The molecule has 2 N–H and O–H groups in total. The molecule has 156 valence electrons. The quantitative estimate of drug-likeness (QED) is 0.797. The normalized spacial score (nSPS) is 22.9. The summed E-state index contributed by atoms with van der Waals surface area (Å²) in [7, 11) is 2.06. The number of anilines is 1. The van der Waals surface area contributed by atoms with Gasteiger partial charge in [0.1, 0.15) is 5.82 Å². The number of alkyl halides is 3. The second-order valence-corrected chi connectivity index (χ2v) is 8.01. The smallest absolute Gasteiger partial charge is 0.363 e. The number of amides is 1. The number of aromatic nitrogens is 2. The van der Waals surface area contributed by atoms with Crippen LogP contribution in [0.3, 0.4) is 0 Å². The van der Waals surface area contributed by atoms with E-state index in [0.29, 0.717) is 13.1 Å². The zero-order valence-electron chi connectivity index (χ0n) is 16.5. The molecule has 9 heteroatoms. The highest BCUT2D eigenvalue weighted by Crippen LogP contribution is 2.43. The fourth-order valence-corrected chi connectivity index (χ4v) is 3.95. The lowest BCUT2D eigenvalue weighted by atomic mass is 9.96. The molecule has 0 bridgehead atoms. The fraction of sp³-hybridized carbons (Fsp3) is 0.500. The van der Waals surface area contributed by atoms with Crippen LogP contribution in [0.4, 0.5) is 19.0 Å². The minimum atomic E-state index is -4.46. The number of benzene rings is 1. The molecule has 2 aliphatic heterocycles. The van der Waals surface area contributed by atoms with Gasteiger partial charge in [-0.1, -0.05) is 29.8 Å². The molecule has 6 nitrogen and oxygen atoms in total. The molecule has 2 aliphatic rings. The van der Waals surface area contributed by atoms with Gasteiger partial charge >= 0.3 is 6.18 Å². The molecule has 0 saturated carbocycles. The molecule has 1 saturated heterocycles. The summed E-state index contributed by atoms with van der Waals surface area (Å²) in [5, 5.41) is 7.22. The number of halogens is 3. The molecule has 1 fully saturated rings. The van der Waals surface area contributed by atoms with Gasteiger partial charge in [0.15, 0.2) is 11.7 Å². The van der Waals surface area contributed by atoms with E-state index in [0.717, 1.165) is 28.9 Å². The van der Waals surface area contributed by atoms with E-state index in [1.165, 1.54) is 11.0 Å². The third-order valence-corrected chi connectivity index (χ3v) is 5.79. The summed E-state index contributed by atoms with van der Waals surface area (Å²) < 4.78 is 42.3. The van der Waals surface area contributed by atoms with Gasteiger partial charge in [0.25, 0.3) is 5.91 Å². The van der Waals surface area contributed by atoms with Gasteiger partial charge in [0.2, 0.25) is 0 Å². The summed E-state index contributed by atoms with van der Waals surface area (Å²) in [6.45, 7) is 4.73. The number of rotatable bonds is 2. The summed E-state index contributed by atoms with van der Waals surface area (Å²) in [5.74, 6) is -0.0822. The highest BCUT2D eigenvalue weighted by Gasteiger charge is 2.47. The number of hydrogen-bond acceptors (Lipinski definition) is 3. The number of aryl methyl sites for hydroxylation is 1. The lowest BCUT2D eigenvalue weighted by Gasteiger charge is -2.33. The number of nitrogens with one attached hydrogen (secondary N) is 2. The Labute approximate surface area is 167 Å². The minimum absolute atomic E-state index is 0.0610. The van der Waals surface area contributed by atoms with E-state index in [2.05, 4.69) is 17.5 Å². The molecule has 0 aliphatic carbocycles. The monoisotopic (exact) mass is 408 g/mol. The van der Waals surface area contributed by atoms with Crippen molar-refractivity contribution >= 4 is 11.7 Å². The Kier molecular flexibility index (Phi) is 5.02. The molecule has 1 aromatic heterocycles. The predicted octanol–water partition coefficient (Wildman–Crippen LogP) is 1.82. The second-order valence-electron chi connectivity index (χ2n) is 8.01. The molecule has 4 rings (SSSR count). The standard InChI is InChI=1S/C20H24F3N5O/c1-13-3-5-14(6-4-13)15-11-17(20(21,22)23)28-18(24-15)12-16(25-28)19(29)27-9-7-26(2)8-10-27/h3-6,12,15,17,24H,7-11H2,1-2H3/p+1/t15-,17+/m0/s1. The molecule has 0 unspecified atom stereocenters. The Balaban J connectivity index is 1.63. The number of fused-ring (bicyclic) bond motifs is 1. The van der Waals surface area contributed by atoms with E-state index >= 15 is 0 Å². The van der Waals surface area contributed by atoms with Crippen molar-refractivity contribution in [3.8, 4) is 0 Å². The lowest BCUT2D eigenvalue weighted by molar-refractivity contribution is -0.883. The predicted molar refractivity (Wildman–Crippen MR) is 102 cm³/mol. The van der Waals surface area contributed by atoms with Crippen molar-refractivity contribution in [2.24, 2.45) is 0 Å². The summed E-state index contributed by atoms with van der Waals surface area (Å²) in [6, 6.07) is 6.62. The van der Waals surface area contributed by atoms with Crippen LogP contribution in [-0.4, -0.2) is 60.0 Å². The fourth-order valence-electron chi connectivity index (χ4n) is 3.95. The number of hydrogen-bond donors (Lipinski definition) is 2. The van der Waals surface area contributed by atoms with Crippen molar-refractivity contribution in [3.05, 3.63) is 47.2 Å². The Hall–Kier alpha value is -2.55. The first kappa shape index (κ1) is 19.8. The summed E-state index contributed by atoms with van der Waals surface area (Å²) in [6.07, 6.45) is -4.63. The Morgan fingerprint density at radius 1 is 1.21 bits per heavy atom. The highest BCUT2D eigenvalue weighted by atomic mass is 19.4. The highest BCUT2D eigenvalue weighted by molar-refractivity contribution is 5.93. The van der Waals surface area contributed by atoms with Crippen molar-refractivity contribution < 1.29 is 22.9 Å². The van der Waals surface area contributed by atoms with Crippen molar-refractivity contribution in [2.45, 2.75) is 31.6 Å². The molecular weight excluding hydrogens is 383 g/mol. The maximum atomic E-state index is 13.8. The van der Waals surface area contributed by atoms with Gasteiger partial charge < -0.3 is 15.1 Å². The van der Waals surface area contributed by atoms with E-state index < -0.39 is 18.3 Å². The number of carbonyl (C=O) groups is 1. The van der Waals surface area contributed by atoms with Gasteiger partial charge in [-0.15, -0.1) is 0 Å². The molecule has 2 aromatic rings. The molecule has 0 spiro atoms. The lowest BCUT2D eigenvalue weighted by Crippen LogP contribution is -3.12. The Morgan fingerprint density at radius 3 is 2.48 bits per heavy atom. The van der Waals surface area contributed by atoms with E-state index in [9.17, 15) is 18.0 Å². The zero-order chi connectivity index (χ0) is 20.8. The van der Waals surface area contributed by atoms with Crippen LogP contribution in [0.15, 0.2) is 30.3 Å². The van der Waals surface area contributed by atoms with E-state index in [4.69, 9.17) is 0 Å². The van der Waals surface area contributed by atoms with Gasteiger partial charge in [-0.05, 0) is 12.5 Å². The first-order valence-corrected chi connectivity index (χ1v) is 9.82. The van der Waals surface area contributed by atoms with Gasteiger partial charge in [0, 0.05) is 12.5 Å². The van der Waals surface area contributed by atoms with Crippen LogP contribution in [0.2, 0.25) is 0 Å². The number of quaternary nitrogens is 1. The molecule has 1 amide bonds. The van der Waals surface area contributed by atoms with Crippen LogP contribution in [0.1, 0.15) is 40.1 Å². The number of nitrogens with zero attached hydrogens (tertiary/aromatic N) is 3. The molecule has 2 atom stereocenters. The Bertz CT molecular complexity index is 885. The molecule has 1 aromatic carbocycles. The maximum absolute atomic E-state index is 13.8. The minimum Gasteiger partial charge on any atom is -0.363 e. The SMILES string of the molecule is Cc1ccc([C@@H]2C[C@H](C(F)(F)F)n3nc(C(=O)N4CC[NH+](C)CC4)cc3N2)cc1. The number of likely N-dealkylation sites (N-methyl/N-ethyl adjacent to an activating group) is 1. The van der Waals surface area contributed by atoms with E-state index in [1.54, 1.807) is 4.90 Å². The van der Waals surface area contributed by atoms with Gasteiger partial charge in [-0.25, -0.2) is 4.68 Å². The average Bonchev–Trinajstić information content (AvgIpc) is 3.11. The Morgan fingerprint density at radius 2 is 1.86 bits per heavy atom.